The van der Waals surface area contributed by atoms with Crippen LogP contribution in [0.3, 0.4) is 0 Å². The molecule has 0 fully saturated rings. The first-order valence-electron chi connectivity index (χ1n) is 5.36. The van der Waals surface area contributed by atoms with E-state index in [9.17, 15) is 24.6 Å². The molecule has 0 spiro atoms. The Balaban J connectivity index is 3.55. The first-order chi connectivity index (χ1) is 9.33. The highest BCUT2D eigenvalue weighted by Crippen LogP contribution is 2.34. The topological polar surface area (TPSA) is 136 Å². The number of ether oxygens (including phenoxy) is 2. The lowest BCUT2D eigenvalue weighted by atomic mass is 9.98. The summed E-state index contributed by atoms with van der Waals surface area (Å²) in [7, 11) is 2.19. The Labute approximate surface area is 113 Å². The van der Waals surface area contributed by atoms with Crippen molar-refractivity contribution in [3.63, 3.8) is 0 Å². The SMILES string of the molecule is COC(=O)Cc1cc(O)c(C(N)=O)c(O)c1C(=O)OC. The van der Waals surface area contributed by atoms with Crippen molar-refractivity contribution in [2.75, 3.05) is 14.2 Å². The number of methoxy groups -OCH3 is 2. The number of hydrogen-bond donors (Lipinski definition) is 3. The van der Waals surface area contributed by atoms with Crippen molar-refractivity contribution in [3.05, 3.63) is 22.8 Å². The standard InChI is InChI=1S/C12H13NO7/c1-19-7(15)4-5-3-6(14)9(11(13)17)10(16)8(5)12(18)20-2/h3,14,16H,4H2,1-2H3,(H2,13,17). The van der Waals surface area contributed by atoms with Crippen LogP contribution in [0.5, 0.6) is 11.5 Å². The lowest BCUT2D eigenvalue weighted by Crippen LogP contribution is -2.17. The van der Waals surface area contributed by atoms with Crippen LogP contribution in [0.25, 0.3) is 0 Å². The molecule has 0 aromatic heterocycles. The molecule has 0 radical (unpaired) electrons. The van der Waals surface area contributed by atoms with Crippen molar-refractivity contribution in [3.8, 4) is 11.5 Å². The van der Waals surface area contributed by atoms with Gasteiger partial charge in [0.2, 0.25) is 0 Å². The van der Waals surface area contributed by atoms with E-state index in [2.05, 4.69) is 9.47 Å². The van der Waals surface area contributed by atoms with Gasteiger partial charge < -0.3 is 25.4 Å². The van der Waals surface area contributed by atoms with E-state index in [1.54, 1.807) is 0 Å². The molecule has 0 saturated heterocycles. The molecule has 1 amide bonds. The molecule has 0 bridgehead atoms. The fraction of sp³-hybridized carbons (Fsp3) is 0.250. The van der Waals surface area contributed by atoms with Gasteiger partial charge in [0, 0.05) is 0 Å². The van der Waals surface area contributed by atoms with Crippen LogP contribution < -0.4 is 5.73 Å². The van der Waals surface area contributed by atoms with Crippen molar-refractivity contribution >= 4 is 17.8 Å². The van der Waals surface area contributed by atoms with Crippen LogP contribution >= 0.6 is 0 Å². The van der Waals surface area contributed by atoms with Crippen LogP contribution in [0.4, 0.5) is 0 Å². The van der Waals surface area contributed by atoms with Gasteiger partial charge in [-0.1, -0.05) is 0 Å². The minimum Gasteiger partial charge on any atom is -0.507 e. The van der Waals surface area contributed by atoms with Crippen LogP contribution in [-0.2, 0) is 20.7 Å². The van der Waals surface area contributed by atoms with Gasteiger partial charge in [-0.05, 0) is 11.6 Å². The molecule has 108 valence electrons. The van der Waals surface area contributed by atoms with Gasteiger partial charge in [-0.25, -0.2) is 4.79 Å². The van der Waals surface area contributed by atoms with Gasteiger partial charge in [0.05, 0.1) is 20.6 Å². The Morgan fingerprint density at radius 3 is 2.20 bits per heavy atom. The Kier molecular flexibility index (Phi) is 4.52. The second-order valence-corrected chi connectivity index (χ2v) is 3.76. The molecule has 8 heteroatoms. The second-order valence-electron chi connectivity index (χ2n) is 3.76. The number of nitrogens with two attached hydrogens (primary N) is 1. The third-order valence-electron chi connectivity index (χ3n) is 2.56. The first-order valence-corrected chi connectivity index (χ1v) is 5.36. The maximum absolute atomic E-state index is 11.6. The fourth-order valence-corrected chi connectivity index (χ4v) is 1.65. The maximum atomic E-state index is 11.6. The summed E-state index contributed by atoms with van der Waals surface area (Å²) < 4.78 is 8.90. The molecule has 0 saturated carbocycles. The lowest BCUT2D eigenvalue weighted by molar-refractivity contribution is -0.139. The number of primary amides is 1. The summed E-state index contributed by atoms with van der Waals surface area (Å²) in [4.78, 5) is 34.1. The summed E-state index contributed by atoms with van der Waals surface area (Å²) in [5, 5.41) is 19.5. The summed E-state index contributed by atoms with van der Waals surface area (Å²) in [6.45, 7) is 0. The summed E-state index contributed by atoms with van der Waals surface area (Å²) in [5.74, 6) is -4.32. The Hall–Kier alpha value is -2.77. The number of phenols is 2. The summed E-state index contributed by atoms with van der Waals surface area (Å²) in [6, 6.07) is 0.975. The number of aromatic hydroxyl groups is 2. The van der Waals surface area contributed by atoms with Gasteiger partial charge >= 0.3 is 11.9 Å². The van der Waals surface area contributed by atoms with E-state index < -0.39 is 46.9 Å². The van der Waals surface area contributed by atoms with Crippen molar-refractivity contribution in [1.29, 1.82) is 0 Å². The van der Waals surface area contributed by atoms with Gasteiger partial charge in [0.1, 0.15) is 22.6 Å². The van der Waals surface area contributed by atoms with E-state index in [1.165, 1.54) is 0 Å². The van der Waals surface area contributed by atoms with E-state index in [4.69, 9.17) is 5.73 Å². The minimum atomic E-state index is -1.13. The number of carbonyl (C=O) groups excluding carboxylic acids is 3. The van der Waals surface area contributed by atoms with Crippen molar-refractivity contribution < 1.29 is 34.1 Å². The van der Waals surface area contributed by atoms with E-state index in [0.29, 0.717) is 0 Å². The predicted molar refractivity (Wildman–Crippen MR) is 65.3 cm³/mol. The van der Waals surface area contributed by atoms with Crippen LogP contribution in [0.1, 0.15) is 26.3 Å². The molecule has 0 unspecified atom stereocenters. The van der Waals surface area contributed by atoms with Crippen molar-refractivity contribution in [2.45, 2.75) is 6.42 Å². The highest BCUT2D eigenvalue weighted by molar-refractivity contribution is 6.05. The van der Waals surface area contributed by atoms with Crippen LogP contribution in [0.15, 0.2) is 6.07 Å². The second kappa shape index (κ2) is 5.91. The quantitative estimate of drug-likeness (QED) is 0.645. The largest absolute Gasteiger partial charge is 0.507 e. The molecule has 0 aliphatic rings. The molecule has 1 aromatic rings. The molecule has 0 aliphatic carbocycles. The number of rotatable bonds is 4. The van der Waals surface area contributed by atoms with E-state index >= 15 is 0 Å². The molecule has 20 heavy (non-hydrogen) atoms. The monoisotopic (exact) mass is 283 g/mol. The van der Waals surface area contributed by atoms with E-state index in [1.807, 2.05) is 0 Å². The average Bonchev–Trinajstić information content (AvgIpc) is 2.37. The van der Waals surface area contributed by atoms with Gasteiger partial charge in [-0.3, -0.25) is 9.59 Å². The number of benzene rings is 1. The van der Waals surface area contributed by atoms with Crippen LogP contribution in [-0.4, -0.2) is 42.3 Å². The van der Waals surface area contributed by atoms with E-state index in [0.717, 1.165) is 20.3 Å². The van der Waals surface area contributed by atoms with Gasteiger partial charge in [-0.2, -0.15) is 0 Å². The zero-order valence-electron chi connectivity index (χ0n) is 10.8. The van der Waals surface area contributed by atoms with Gasteiger partial charge in [0.15, 0.2) is 0 Å². The third-order valence-corrected chi connectivity index (χ3v) is 2.56. The molecule has 0 aliphatic heterocycles. The van der Waals surface area contributed by atoms with Crippen molar-refractivity contribution in [1.82, 2.24) is 0 Å². The summed E-state index contributed by atoms with van der Waals surface area (Å²) in [5.41, 5.74) is 3.90. The zero-order chi connectivity index (χ0) is 15.4. The highest BCUT2D eigenvalue weighted by atomic mass is 16.5. The van der Waals surface area contributed by atoms with Gasteiger partial charge in [0.25, 0.3) is 5.91 Å². The molecule has 1 aromatic carbocycles. The van der Waals surface area contributed by atoms with Crippen LogP contribution in [0.2, 0.25) is 0 Å². The Morgan fingerprint density at radius 2 is 1.75 bits per heavy atom. The molecule has 8 nitrogen and oxygen atoms in total. The number of carbonyl (C=O) groups is 3. The molecule has 4 N–H and O–H groups in total. The maximum Gasteiger partial charge on any atom is 0.341 e. The summed E-state index contributed by atoms with van der Waals surface area (Å²) >= 11 is 0. The molecule has 1 rings (SSSR count). The molecule has 0 heterocycles. The smallest absolute Gasteiger partial charge is 0.341 e. The third kappa shape index (κ3) is 2.79. The normalized spacial score (nSPS) is 9.90. The minimum absolute atomic E-state index is 0.0521. The predicted octanol–water partition coefficient (Wildman–Crippen LogP) is -0.301. The first kappa shape index (κ1) is 15.3. The fourth-order valence-electron chi connectivity index (χ4n) is 1.65. The number of amides is 1. The molecular formula is C12H13NO7. The number of esters is 2. The average molecular weight is 283 g/mol. The molecule has 0 atom stereocenters. The Morgan fingerprint density at radius 1 is 1.15 bits per heavy atom. The lowest BCUT2D eigenvalue weighted by Gasteiger charge is -2.13. The van der Waals surface area contributed by atoms with Crippen LogP contribution in [0, 0.1) is 0 Å². The van der Waals surface area contributed by atoms with Crippen molar-refractivity contribution in [2.24, 2.45) is 5.73 Å². The highest BCUT2D eigenvalue weighted by Gasteiger charge is 2.27. The zero-order valence-corrected chi connectivity index (χ0v) is 10.8. The summed E-state index contributed by atoms with van der Waals surface area (Å²) in [6.07, 6.45) is -0.402. The van der Waals surface area contributed by atoms with E-state index in [-0.39, 0.29) is 5.56 Å². The number of hydrogen-bond acceptors (Lipinski definition) is 7. The molecular weight excluding hydrogens is 270 g/mol. The Bertz CT molecular complexity index is 580. The van der Waals surface area contributed by atoms with Gasteiger partial charge in [-0.15, -0.1) is 0 Å².